The highest BCUT2D eigenvalue weighted by atomic mass is 32.1. The number of carbonyl (C=O) groups excluding carboxylic acids is 1. The summed E-state index contributed by atoms with van der Waals surface area (Å²) in [4.78, 5) is 16.3. The molecule has 6 heteroatoms. The topological polar surface area (TPSA) is 64.4 Å². The molecule has 0 unspecified atom stereocenters. The van der Waals surface area contributed by atoms with Crippen LogP contribution in [0.15, 0.2) is 40.1 Å². The first kappa shape index (κ1) is 16.3. The number of aryl methyl sites for hydroxylation is 3. The number of aromatic nitrogens is 1. The van der Waals surface area contributed by atoms with Crippen molar-refractivity contribution in [2.75, 3.05) is 5.32 Å². The van der Waals surface area contributed by atoms with Gasteiger partial charge in [0.15, 0.2) is 10.9 Å². The van der Waals surface area contributed by atoms with E-state index in [4.69, 9.17) is 9.15 Å². The fourth-order valence-corrected chi connectivity index (χ4v) is 2.94. The number of anilines is 1. The predicted molar refractivity (Wildman–Crippen MR) is 93.8 cm³/mol. The zero-order valence-electron chi connectivity index (χ0n) is 13.8. The van der Waals surface area contributed by atoms with Crippen LogP contribution in [0, 0.1) is 20.8 Å². The highest BCUT2D eigenvalue weighted by Crippen LogP contribution is 2.21. The fraction of sp³-hybridized carbons (Fsp3) is 0.222. The standard InChI is InChI=1S/C18H18N2O3S/c1-11-4-6-15(12(2)8-11)22-9-14-5-7-16(23-14)17(21)20-18-19-13(3)10-24-18/h4-8,10H,9H2,1-3H3,(H,19,20,21). The molecule has 0 atom stereocenters. The van der Waals surface area contributed by atoms with Crippen LogP contribution in [-0.4, -0.2) is 10.9 Å². The zero-order chi connectivity index (χ0) is 17.1. The lowest BCUT2D eigenvalue weighted by molar-refractivity contribution is 0.0992. The molecule has 3 aromatic rings. The first-order valence-electron chi connectivity index (χ1n) is 7.53. The number of rotatable bonds is 5. The maximum absolute atomic E-state index is 12.1. The maximum atomic E-state index is 12.1. The first-order valence-corrected chi connectivity index (χ1v) is 8.41. The number of nitrogens with zero attached hydrogens (tertiary/aromatic N) is 1. The van der Waals surface area contributed by atoms with Crippen molar-refractivity contribution in [2.24, 2.45) is 0 Å². The molecule has 0 spiro atoms. The summed E-state index contributed by atoms with van der Waals surface area (Å²) in [7, 11) is 0. The molecule has 124 valence electrons. The monoisotopic (exact) mass is 342 g/mol. The lowest BCUT2D eigenvalue weighted by Crippen LogP contribution is -2.10. The Bertz CT molecular complexity index is 867. The average molecular weight is 342 g/mol. The Balaban J connectivity index is 1.61. The number of thiazole rings is 1. The summed E-state index contributed by atoms with van der Waals surface area (Å²) >= 11 is 1.38. The van der Waals surface area contributed by atoms with E-state index in [0.717, 1.165) is 17.0 Å². The Labute approximate surface area is 144 Å². The first-order chi connectivity index (χ1) is 11.5. The second-order valence-electron chi connectivity index (χ2n) is 5.57. The molecule has 24 heavy (non-hydrogen) atoms. The molecule has 5 nitrogen and oxygen atoms in total. The van der Waals surface area contributed by atoms with Crippen molar-refractivity contribution in [3.05, 3.63) is 64.1 Å². The molecule has 2 heterocycles. The summed E-state index contributed by atoms with van der Waals surface area (Å²) in [6.07, 6.45) is 0. The number of amides is 1. The molecule has 0 saturated heterocycles. The van der Waals surface area contributed by atoms with Crippen LogP contribution in [0.5, 0.6) is 5.75 Å². The summed E-state index contributed by atoms with van der Waals surface area (Å²) in [5.41, 5.74) is 3.13. The van der Waals surface area contributed by atoms with Crippen molar-refractivity contribution in [3.63, 3.8) is 0 Å². The normalized spacial score (nSPS) is 10.6. The van der Waals surface area contributed by atoms with E-state index in [-0.39, 0.29) is 18.3 Å². The van der Waals surface area contributed by atoms with E-state index in [2.05, 4.69) is 16.4 Å². The molecule has 0 saturated carbocycles. The molecule has 0 bridgehead atoms. The third-order valence-electron chi connectivity index (χ3n) is 3.43. The molecule has 1 amide bonds. The van der Waals surface area contributed by atoms with E-state index in [9.17, 15) is 4.79 Å². The van der Waals surface area contributed by atoms with E-state index in [1.54, 1.807) is 12.1 Å². The second-order valence-corrected chi connectivity index (χ2v) is 6.43. The van der Waals surface area contributed by atoms with Crippen molar-refractivity contribution in [1.82, 2.24) is 4.98 Å². The van der Waals surface area contributed by atoms with E-state index in [1.807, 2.05) is 38.3 Å². The van der Waals surface area contributed by atoms with Gasteiger partial charge in [-0.15, -0.1) is 11.3 Å². The third-order valence-corrected chi connectivity index (χ3v) is 4.30. The van der Waals surface area contributed by atoms with Gasteiger partial charge in [0.05, 0.1) is 5.69 Å². The van der Waals surface area contributed by atoms with E-state index in [0.29, 0.717) is 10.9 Å². The summed E-state index contributed by atoms with van der Waals surface area (Å²) in [5, 5.41) is 5.15. The maximum Gasteiger partial charge on any atom is 0.293 e. The predicted octanol–water partition coefficient (Wildman–Crippen LogP) is 4.49. The average Bonchev–Trinajstić information content (AvgIpc) is 3.15. The Kier molecular flexibility index (Phi) is 4.66. The van der Waals surface area contributed by atoms with E-state index in [1.165, 1.54) is 16.9 Å². The lowest BCUT2D eigenvalue weighted by atomic mass is 10.1. The highest BCUT2D eigenvalue weighted by Gasteiger charge is 2.13. The van der Waals surface area contributed by atoms with Crippen molar-refractivity contribution in [3.8, 4) is 5.75 Å². The Morgan fingerprint density at radius 1 is 1.25 bits per heavy atom. The Hall–Kier alpha value is -2.60. The van der Waals surface area contributed by atoms with Crippen molar-refractivity contribution in [1.29, 1.82) is 0 Å². The van der Waals surface area contributed by atoms with Crippen molar-refractivity contribution < 1.29 is 13.9 Å². The Morgan fingerprint density at radius 2 is 2.08 bits per heavy atom. The lowest BCUT2D eigenvalue weighted by Gasteiger charge is -2.08. The molecule has 2 aromatic heterocycles. The van der Waals surface area contributed by atoms with Crippen LogP contribution in [0.4, 0.5) is 5.13 Å². The number of furan rings is 1. The van der Waals surface area contributed by atoms with Gasteiger partial charge < -0.3 is 9.15 Å². The number of benzene rings is 1. The van der Waals surface area contributed by atoms with Crippen LogP contribution in [0.1, 0.15) is 33.1 Å². The van der Waals surface area contributed by atoms with Gasteiger partial charge in [0.1, 0.15) is 18.1 Å². The highest BCUT2D eigenvalue weighted by molar-refractivity contribution is 7.13. The van der Waals surface area contributed by atoms with Crippen LogP contribution in [-0.2, 0) is 6.61 Å². The van der Waals surface area contributed by atoms with Gasteiger partial charge in [0.2, 0.25) is 0 Å². The van der Waals surface area contributed by atoms with E-state index < -0.39 is 0 Å². The van der Waals surface area contributed by atoms with Crippen LogP contribution < -0.4 is 10.1 Å². The summed E-state index contributed by atoms with van der Waals surface area (Å²) in [6.45, 7) is 6.19. The molecule has 1 N–H and O–H groups in total. The number of nitrogens with one attached hydrogen (secondary N) is 1. The minimum Gasteiger partial charge on any atom is -0.485 e. The molecule has 0 aliphatic heterocycles. The minimum absolute atomic E-state index is 0.238. The van der Waals surface area contributed by atoms with E-state index >= 15 is 0 Å². The zero-order valence-corrected chi connectivity index (χ0v) is 14.6. The number of hydrogen-bond donors (Lipinski definition) is 1. The quantitative estimate of drug-likeness (QED) is 0.742. The molecule has 0 aliphatic rings. The van der Waals surface area contributed by atoms with Crippen LogP contribution in [0.3, 0.4) is 0 Å². The number of ether oxygens (including phenoxy) is 1. The molecule has 3 rings (SSSR count). The van der Waals surface area contributed by atoms with Crippen molar-refractivity contribution >= 4 is 22.4 Å². The molecule has 1 aromatic carbocycles. The van der Waals surface area contributed by atoms with Gasteiger partial charge in [-0.3, -0.25) is 10.1 Å². The largest absolute Gasteiger partial charge is 0.485 e. The summed E-state index contributed by atoms with van der Waals surface area (Å²) < 4.78 is 11.3. The van der Waals surface area contributed by atoms with Gasteiger partial charge in [0, 0.05) is 5.38 Å². The molecule has 0 radical (unpaired) electrons. The minimum atomic E-state index is -0.317. The molecular weight excluding hydrogens is 324 g/mol. The SMILES string of the molecule is Cc1ccc(OCc2ccc(C(=O)Nc3nc(C)cs3)o2)c(C)c1. The van der Waals surface area contributed by atoms with Gasteiger partial charge in [-0.1, -0.05) is 17.7 Å². The van der Waals surface area contributed by atoms with Gasteiger partial charge >= 0.3 is 0 Å². The van der Waals surface area contributed by atoms with Crippen LogP contribution >= 0.6 is 11.3 Å². The molecular formula is C18H18N2O3S. The van der Waals surface area contributed by atoms with Crippen LogP contribution in [0.25, 0.3) is 0 Å². The van der Waals surface area contributed by atoms with Gasteiger partial charge in [-0.05, 0) is 44.5 Å². The van der Waals surface area contributed by atoms with Gasteiger partial charge in [-0.2, -0.15) is 0 Å². The second kappa shape index (κ2) is 6.88. The fourth-order valence-electron chi connectivity index (χ4n) is 2.26. The number of carbonyl (C=O) groups is 1. The summed E-state index contributed by atoms with van der Waals surface area (Å²) in [5.74, 6) is 1.32. The van der Waals surface area contributed by atoms with Crippen LogP contribution in [0.2, 0.25) is 0 Å². The Morgan fingerprint density at radius 3 is 2.79 bits per heavy atom. The number of hydrogen-bond acceptors (Lipinski definition) is 5. The van der Waals surface area contributed by atoms with Crippen molar-refractivity contribution in [2.45, 2.75) is 27.4 Å². The third kappa shape index (κ3) is 3.83. The van der Waals surface area contributed by atoms with Gasteiger partial charge in [0.25, 0.3) is 5.91 Å². The molecule has 0 aliphatic carbocycles. The smallest absolute Gasteiger partial charge is 0.293 e. The molecule has 0 fully saturated rings. The van der Waals surface area contributed by atoms with Gasteiger partial charge in [-0.25, -0.2) is 4.98 Å². The summed E-state index contributed by atoms with van der Waals surface area (Å²) in [6, 6.07) is 9.37.